The Morgan fingerprint density at radius 2 is 1.62 bits per heavy atom. The first-order chi connectivity index (χ1) is 15.9. The molecule has 1 aromatic rings. The SMILES string of the molecule is C=C(/C=C/C1=C(C)C(=C\C2=C(C)C=C(CC(C)(C)C)CC2)/CCC1)C(C)(C)c1ccccc1C. The lowest BCUT2D eigenvalue weighted by atomic mass is 9.76. The minimum atomic E-state index is -0.0786. The Labute approximate surface area is 210 Å². The second-order valence-corrected chi connectivity index (χ2v) is 12.2. The van der Waals surface area contributed by atoms with Crippen LogP contribution in [-0.2, 0) is 5.41 Å². The standard InChI is InChI=1S/C34H46/c1-24-13-10-11-16-32(24)34(8,9)26(3)17-19-29-14-12-15-31(27(29)4)22-30-20-18-28(21-25(30)2)23-33(5,6)7/h10-11,13,16-17,19,21-22H,3,12,14-15,18,20,23H2,1-2,4-9H3/b19-17+,31-22-. The summed E-state index contributed by atoms with van der Waals surface area (Å²) < 4.78 is 0. The maximum atomic E-state index is 4.47. The van der Waals surface area contributed by atoms with Crippen molar-refractivity contribution in [2.75, 3.05) is 0 Å². The number of allylic oxidation sites excluding steroid dienone is 11. The molecule has 0 saturated heterocycles. The highest BCUT2D eigenvalue weighted by Crippen LogP contribution is 2.37. The van der Waals surface area contributed by atoms with Crippen LogP contribution in [0.4, 0.5) is 0 Å². The minimum absolute atomic E-state index is 0.0786. The molecule has 0 fully saturated rings. The van der Waals surface area contributed by atoms with Gasteiger partial charge in [0, 0.05) is 5.41 Å². The van der Waals surface area contributed by atoms with Crippen molar-refractivity contribution in [2.45, 2.75) is 99.3 Å². The number of hydrogen-bond acceptors (Lipinski definition) is 0. The fourth-order valence-electron chi connectivity index (χ4n) is 5.48. The highest BCUT2D eigenvalue weighted by Gasteiger charge is 2.24. The molecular weight excluding hydrogens is 408 g/mol. The van der Waals surface area contributed by atoms with Gasteiger partial charge in [0.1, 0.15) is 0 Å². The van der Waals surface area contributed by atoms with Gasteiger partial charge in [-0.2, -0.15) is 0 Å². The summed E-state index contributed by atoms with van der Waals surface area (Å²) in [7, 11) is 0. The van der Waals surface area contributed by atoms with Gasteiger partial charge in [0.25, 0.3) is 0 Å². The quantitative estimate of drug-likeness (QED) is 0.375. The molecular formula is C34H46. The summed E-state index contributed by atoms with van der Waals surface area (Å²) in [5.41, 5.74) is 13.2. The summed E-state index contributed by atoms with van der Waals surface area (Å²) in [4.78, 5) is 0. The van der Waals surface area contributed by atoms with Gasteiger partial charge >= 0.3 is 0 Å². The van der Waals surface area contributed by atoms with Crippen LogP contribution in [-0.4, -0.2) is 0 Å². The van der Waals surface area contributed by atoms with E-state index in [1.807, 2.05) is 0 Å². The highest BCUT2D eigenvalue weighted by molar-refractivity contribution is 5.50. The van der Waals surface area contributed by atoms with Crippen LogP contribution < -0.4 is 0 Å². The van der Waals surface area contributed by atoms with Gasteiger partial charge in [-0.15, -0.1) is 0 Å². The molecule has 0 saturated carbocycles. The van der Waals surface area contributed by atoms with Gasteiger partial charge in [-0.05, 0) is 109 Å². The van der Waals surface area contributed by atoms with Crippen molar-refractivity contribution in [2.24, 2.45) is 5.41 Å². The average molecular weight is 455 g/mol. The van der Waals surface area contributed by atoms with Gasteiger partial charge < -0.3 is 0 Å². The molecule has 34 heavy (non-hydrogen) atoms. The van der Waals surface area contributed by atoms with Crippen molar-refractivity contribution < 1.29 is 0 Å². The Hall–Kier alpha value is -2.34. The van der Waals surface area contributed by atoms with Crippen molar-refractivity contribution in [3.8, 4) is 0 Å². The molecule has 0 heterocycles. The van der Waals surface area contributed by atoms with Crippen LogP contribution in [0.5, 0.6) is 0 Å². The van der Waals surface area contributed by atoms with Gasteiger partial charge in [0.15, 0.2) is 0 Å². The van der Waals surface area contributed by atoms with Gasteiger partial charge in [-0.1, -0.05) is 95.3 Å². The molecule has 0 aliphatic heterocycles. The van der Waals surface area contributed by atoms with E-state index in [2.05, 4.69) is 111 Å². The Kier molecular flexibility index (Phi) is 8.12. The first-order valence-corrected chi connectivity index (χ1v) is 13.1. The molecule has 0 heteroatoms. The van der Waals surface area contributed by atoms with E-state index in [0.29, 0.717) is 5.41 Å². The number of hydrogen-bond donors (Lipinski definition) is 0. The second-order valence-electron chi connectivity index (χ2n) is 12.2. The molecule has 0 N–H and O–H groups in total. The lowest BCUT2D eigenvalue weighted by molar-refractivity contribution is 0.403. The molecule has 0 nitrogen and oxygen atoms in total. The molecule has 0 spiro atoms. The Morgan fingerprint density at radius 3 is 2.26 bits per heavy atom. The van der Waals surface area contributed by atoms with Crippen molar-refractivity contribution in [1.29, 1.82) is 0 Å². The van der Waals surface area contributed by atoms with Crippen LogP contribution in [0.2, 0.25) is 0 Å². The predicted molar refractivity (Wildman–Crippen MR) is 151 cm³/mol. The highest BCUT2D eigenvalue weighted by atomic mass is 14.3. The summed E-state index contributed by atoms with van der Waals surface area (Å²) in [6, 6.07) is 8.68. The van der Waals surface area contributed by atoms with E-state index in [4.69, 9.17) is 0 Å². The molecule has 3 rings (SSSR count). The van der Waals surface area contributed by atoms with Crippen molar-refractivity contribution in [3.63, 3.8) is 0 Å². The van der Waals surface area contributed by atoms with Crippen LogP contribution in [0.3, 0.4) is 0 Å². The number of benzene rings is 1. The molecule has 0 atom stereocenters. The first-order valence-electron chi connectivity index (χ1n) is 13.1. The zero-order valence-corrected chi connectivity index (χ0v) is 23.1. The zero-order valence-electron chi connectivity index (χ0n) is 23.1. The van der Waals surface area contributed by atoms with E-state index < -0.39 is 0 Å². The van der Waals surface area contributed by atoms with Crippen LogP contribution >= 0.6 is 0 Å². The molecule has 0 aromatic heterocycles. The minimum Gasteiger partial charge on any atom is -0.0949 e. The molecule has 1 aromatic carbocycles. The summed E-state index contributed by atoms with van der Waals surface area (Å²) in [5, 5.41) is 0. The maximum absolute atomic E-state index is 4.47. The fourth-order valence-corrected chi connectivity index (χ4v) is 5.48. The van der Waals surface area contributed by atoms with Crippen molar-refractivity contribution in [3.05, 3.63) is 105 Å². The van der Waals surface area contributed by atoms with Gasteiger partial charge in [0.2, 0.25) is 0 Å². The molecule has 0 unspecified atom stereocenters. The molecule has 2 aliphatic rings. The smallest absolute Gasteiger partial charge is 0.0143 e. The fraction of sp³-hybridized carbons (Fsp3) is 0.471. The second kappa shape index (κ2) is 10.5. The third kappa shape index (κ3) is 6.41. The normalized spacial score (nSPS) is 19.3. The van der Waals surface area contributed by atoms with E-state index >= 15 is 0 Å². The van der Waals surface area contributed by atoms with Crippen molar-refractivity contribution in [1.82, 2.24) is 0 Å². The number of rotatable bonds is 6. The lowest BCUT2D eigenvalue weighted by Crippen LogP contribution is -2.20. The van der Waals surface area contributed by atoms with E-state index in [-0.39, 0.29) is 5.41 Å². The zero-order chi connectivity index (χ0) is 25.1. The van der Waals surface area contributed by atoms with Gasteiger partial charge in [0.05, 0.1) is 0 Å². The summed E-state index contributed by atoms with van der Waals surface area (Å²) in [6.07, 6.45) is 16.7. The van der Waals surface area contributed by atoms with Crippen LogP contribution in [0.25, 0.3) is 0 Å². The van der Waals surface area contributed by atoms with E-state index in [1.165, 1.54) is 76.7 Å². The maximum Gasteiger partial charge on any atom is 0.0143 e. The van der Waals surface area contributed by atoms with Crippen molar-refractivity contribution >= 4 is 0 Å². The molecule has 0 amide bonds. The van der Waals surface area contributed by atoms with Gasteiger partial charge in [-0.25, -0.2) is 0 Å². The first kappa shape index (κ1) is 26.3. The van der Waals surface area contributed by atoms with E-state index in [9.17, 15) is 0 Å². The third-order valence-corrected chi connectivity index (χ3v) is 7.71. The largest absolute Gasteiger partial charge is 0.0949 e. The number of aryl methyl sites for hydroxylation is 1. The average Bonchev–Trinajstić information content (AvgIpc) is 2.75. The topological polar surface area (TPSA) is 0 Å². The lowest BCUT2D eigenvalue weighted by Gasteiger charge is -2.28. The molecule has 182 valence electrons. The predicted octanol–water partition coefficient (Wildman–Crippen LogP) is 10.3. The van der Waals surface area contributed by atoms with Crippen LogP contribution in [0, 0.1) is 12.3 Å². The molecule has 0 bridgehead atoms. The Balaban J connectivity index is 1.82. The van der Waals surface area contributed by atoms with Gasteiger partial charge in [-0.3, -0.25) is 0 Å². The van der Waals surface area contributed by atoms with Crippen LogP contribution in [0.1, 0.15) is 98.1 Å². The molecule has 0 radical (unpaired) electrons. The summed E-state index contributed by atoms with van der Waals surface area (Å²) in [6.45, 7) is 22.9. The Morgan fingerprint density at radius 1 is 0.912 bits per heavy atom. The third-order valence-electron chi connectivity index (χ3n) is 7.71. The summed E-state index contributed by atoms with van der Waals surface area (Å²) >= 11 is 0. The van der Waals surface area contributed by atoms with Crippen LogP contribution in [0.15, 0.2) is 94.2 Å². The van der Waals surface area contributed by atoms with E-state index in [0.717, 1.165) is 6.42 Å². The molecule has 2 aliphatic carbocycles. The van der Waals surface area contributed by atoms with E-state index in [1.54, 1.807) is 5.57 Å². The summed E-state index contributed by atoms with van der Waals surface area (Å²) in [5.74, 6) is 0. The Bertz CT molecular complexity index is 1080. The monoisotopic (exact) mass is 454 g/mol.